The first kappa shape index (κ1) is 13.1. The molecule has 0 radical (unpaired) electrons. The number of carbonyl (C=O) groups is 1. The second-order valence-electron chi connectivity index (χ2n) is 4.91. The fourth-order valence-corrected chi connectivity index (χ4v) is 2.56. The molecule has 1 aliphatic heterocycles. The number of nitrogens with one attached hydrogen (secondary N) is 1. The third-order valence-electron chi connectivity index (χ3n) is 3.68. The van der Waals surface area contributed by atoms with E-state index in [2.05, 4.69) is 20.2 Å². The van der Waals surface area contributed by atoms with E-state index in [9.17, 15) is 4.79 Å². The van der Waals surface area contributed by atoms with Gasteiger partial charge in [-0.25, -0.2) is 0 Å². The molecule has 18 heavy (non-hydrogen) atoms. The number of esters is 1. The maximum absolute atomic E-state index is 12.0. The summed E-state index contributed by atoms with van der Waals surface area (Å²) in [6.07, 6.45) is 3.22. The molecule has 0 amide bonds. The number of hydrogen-bond donors (Lipinski definition) is 1. The number of carbonyl (C=O) groups excluding carboxylic acids is 1. The monoisotopic (exact) mass is 253 g/mol. The van der Waals surface area contributed by atoms with Crippen molar-refractivity contribution >= 4 is 5.97 Å². The first-order chi connectivity index (χ1) is 8.72. The molecule has 100 valence electrons. The highest BCUT2D eigenvalue weighted by atomic mass is 16.5. The predicted molar refractivity (Wildman–Crippen MR) is 66.0 cm³/mol. The Kier molecular flexibility index (Phi) is 4.06. The van der Waals surface area contributed by atoms with E-state index >= 15 is 0 Å². The summed E-state index contributed by atoms with van der Waals surface area (Å²) in [5.41, 5.74) is 7.61. The fourth-order valence-electron chi connectivity index (χ4n) is 2.56. The Balaban J connectivity index is 1.95. The third kappa shape index (κ3) is 2.75. The molecule has 1 atom stereocenters. The summed E-state index contributed by atoms with van der Waals surface area (Å²) >= 11 is 0. The standard InChI is InChI=1S/C11H19N5O2/c1-18-10(17)11(13-5-6-14-15-12)4-7-16(8-11)9-2-3-9/h9,13H,2-8H2,1H3. The number of nitrogens with zero attached hydrogens (tertiary/aromatic N) is 4. The zero-order chi connectivity index (χ0) is 13.0. The van der Waals surface area contributed by atoms with Gasteiger partial charge >= 0.3 is 5.97 Å². The Bertz CT molecular complexity index is 364. The van der Waals surface area contributed by atoms with Crippen molar-refractivity contribution in [3.63, 3.8) is 0 Å². The molecule has 0 bridgehead atoms. The first-order valence-electron chi connectivity index (χ1n) is 6.30. The van der Waals surface area contributed by atoms with Gasteiger partial charge in [-0.3, -0.25) is 9.69 Å². The lowest BCUT2D eigenvalue weighted by Gasteiger charge is -2.27. The van der Waals surface area contributed by atoms with Crippen LogP contribution in [-0.2, 0) is 9.53 Å². The smallest absolute Gasteiger partial charge is 0.327 e. The molecular weight excluding hydrogens is 234 g/mol. The second-order valence-corrected chi connectivity index (χ2v) is 4.91. The Morgan fingerprint density at radius 3 is 3.06 bits per heavy atom. The molecule has 1 aliphatic carbocycles. The minimum Gasteiger partial charge on any atom is -0.468 e. The lowest BCUT2D eigenvalue weighted by Crippen LogP contribution is -2.55. The van der Waals surface area contributed by atoms with Crippen LogP contribution in [0.3, 0.4) is 0 Å². The molecule has 2 aliphatic rings. The summed E-state index contributed by atoms with van der Waals surface area (Å²) in [6, 6.07) is 0.649. The van der Waals surface area contributed by atoms with Crippen molar-refractivity contribution in [2.24, 2.45) is 5.11 Å². The molecule has 7 nitrogen and oxygen atoms in total. The average Bonchev–Trinajstić information content (AvgIpc) is 3.15. The van der Waals surface area contributed by atoms with Gasteiger partial charge in [-0.15, -0.1) is 0 Å². The molecule has 1 unspecified atom stereocenters. The lowest BCUT2D eigenvalue weighted by atomic mass is 9.99. The van der Waals surface area contributed by atoms with E-state index in [1.165, 1.54) is 20.0 Å². The summed E-state index contributed by atoms with van der Waals surface area (Å²) in [4.78, 5) is 17.0. The zero-order valence-electron chi connectivity index (χ0n) is 10.6. The van der Waals surface area contributed by atoms with Gasteiger partial charge in [-0.2, -0.15) is 0 Å². The van der Waals surface area contributed by atoms with Gasteiger partial charge in [-0.05, 0) is 24.8 Å². The molecule has 7 heteroatoms. The average molecular weight is 253 g/mol. The Hall–Kier alpha value is -1.30. The fraction of sp³-hybridized carbons (Fsp3) is 0.909. The molecular formula is C11H19N5O2. The van der Waals surface area contributed by atoms with Crippen molar-refractivity contribution < 1.29 is 9.53 Å². The van der Waals surface area contributed by atoms with E-state index in [0.29, 0.717) is 25.7 Å². The summed E-state index contributed by atoms with van der Waals surface area (Å²) in [7, 11) is 1.42. The van der Waals surface area contributed by atoms with E-state index < -0.39 is 5.54 Å². The van der Waals surface area contributed by atoms with Crippen LogP contribution in [0.5, 0.6) is 0 Å². The third-order valence-corrected chi connectivity index (χ3v) is 3.68. The number of methoxy groups -OCH3 is 1. The van der Waals surface area contributed by atoms with Crippen LogP contribution in [0.15, 0.2) is 5.11 Å². The molecule has 1 saturated carbocycles. The van der Waals surface area contributed by atoms with Crippen molar-refractivity contribution in [3.8, 4) is 0 Å². The van der Waals surface area contributed by atoms with Crippen LogP contribution >= 0.6 is 0 Å². The molecule has 0 aromatic carbocycles. The van der Waals surface area contributed by atoms with Crippen molar-refractivity contribution in [1.29, 1.82) is 0 Å². The van der Waals surface area contributed by atoms with Crippen molar-refractivity contribution in [2.75, 3.05) is 33.3 Å². The topological polar surface area (TPSA) is 90.3 Å². The Morgan fingerprint density at radius 1 is 1.67 bits per heavy atom. The van der Waals surface area contributed by atoms with Gasteiger partial charge in [0.25, 0.3) is 0 Å². The van der Waals surface area contributed by atoms with Crippen LogP contribution in [-0.4, -0.2) is 55.7 Å². The Morgan fingerprint density at radius 2 is 2.44 bits per heavy atom. The van der Waals surface area contributed by atoms with Crippen LogP contribution in [0.1, 0.15) is 19.3 Å². The van der Waals surface area contributed by atoms with E-state index in [1.807, 2.05) is 0 Å². The van der Waals surface area contributed by atoms with Gasteiger partial charge < -0.3 is 10.1 Å². The van der Waals surface area contributed by atoms with Crippen LogP contribution in [0.4, 0.5) is 0 Å². The molecule has 1 heterocycles. The molecule has 0 aromatic heterocycles. The highest BCUT2D eigenvalue weighted by Crippen LogP contribution is 2.33. The number of rotatable bonds is 6. The highest BCUT2D eigenvalue weighted by molar-refractivity contribution is 5.81. The van der Waals surface area contributed by atoms with Crippen molar-refractivity contribution in [2.45, 2.75) is 30.8 Å². The Labute approximate surface area is 106 Å². The minimum atomic E-state index is -0.623. The van der Waals surface area contributed by atoms with E-state index in [4.69, 9.17) is 10.3 Å². The summed E-state index contributed by atoms with van der Waals surface area (Å²) in [5, 5.41) is 6.68. The second kappa shape index (κ2) is 5.56. The maximum atomic E-state index is 12.0. The zero-order valence-corrected chi connectivity index (χ0v) is 10.6. The van der Waals surface area contributed by atoms with E-state index in [0.717, 1.165) is 13.0 Å². The predicted octanol–water partition coefficient (Wildman–Crippen LogP) is 0.666. The lowest BCUT2D eigenvalue weighted by molar-refractivity contribution is -0.148. The van der Waals surface area contributed by atoms with Gasteiger partial charge in [0.2, 0.25) is 0 Å². The van der Waals surface area contributed by atoms with Gasteiger partial charge in [0.15, 0.2) is 0 Å². The molecule has 0 aromatic rings. The normalized spacial score (nSPS) is 27.8. The molecule has 1 N–H and O–H groups in total. The van der Waals surface area contributed by atoms with Crippen LogP contribution < -0.4 is 5.32 Å². The number of hydrogen-bond acceptors (Lipinski definition) is 5. The van der Waals surface area contributed by atoms with Gasteiger partial charge in [0.1, 0.15) is 5.54 Å². The van der Waals surface area contributed by atoms with Crippen LogP contribution in [0.2, 0.25) is 0 Å². The number of likely N-dealkylation sites (tertiary alicyclic amines) is 1. The minimum absolute atomic E-state index is 0.216. The van der Waals surface area contributed by atoms with Crippen molar-refractivity contribution in [1.82, 2.24) is 10.2 Å². The van der Waals surface area contributed by atoms with Gasteiger partial charge in [0.05, 0.1) is 7.11 Å². The van der Waals surface area contributed by atoms with Crippen molar-refractivity contribution in [3.05, 3.63) is 10.4 Å². The number of ether oxygens (including phenoxy) is 1. The summed E-state index contributed by atoms with van der Waals surface area (Å²) in [6.45, 7) is 2.46. The van der Waals surface area contributed by atoms with Crippen LogP contribution in [0, 0.1) is 0 Å². The summed E-state index contributed by atoms with van der Waals surface area (Å²) in [5.74, 6) is -0.216. The quantitative estimate of drug-likeness (QED) is 0.247. The van der Waals surface area contributed by atoms with E-state index in [1.54, 1.807) is 0 Å². The SMILES string of the molecule is COC(=O)C1(NCCN=[N+]=[N-])CCN(C2CC2)C1. The molecule has 0 spiro atoms. The highest BCUT2D eigenvalue weighted by Gasteiger charge is 2.48. The maximum Gasteiger partial charge on any atom is 0.327 e. The molecule has 2 fully saturated rings. The molecule has 1 saturated heterocycles. The van der Waals surface area contributed by atoms with Gasteiger partial charge in [0, 0.05) is 37.1 Å². The first-order valence-corrected chi connectivity index (χ1v) is 6.30. The molecule has 2 rings (SSSR count). The number of azide groups is 1. The van der Waals surface area contributed by atoms with Crippen LogP contribution in [0.25, 0.3) is 10.4 Å². The summed E-state index contributed by atoms with van der Waals surface area (Å²) < 4.78 is 4.91. The van der Waals surface area contributed by atoms with Gasteiger partial charge in [-0.1, -0.05) is 5.11 Å². The van der Waals surface area contributed by atoms with E-state index in [-0.39, 0.29) is 5.97 Å². The largest absolute Gasteiger partial charge is 0.468 e.